The van der Waals surface area contributed by atoms with Crippen LogP contribution < -0.4 is 11.1 Å². The first-order chi connectivity index (χ1) is 9.17. The number of aromatic nitrogens is 3. The SMILES string of the molecule is Cc1cc(NC(=O)CCSc2nnc(CN)o2)no1. The van der Waals surface area contributed by atoms with Crippen molar-refractivity contribution in [1.82, 2.24) is 15.4 Å². The monoisotopic (exact) mass is 283 g/mol. The van der Waals surface area contributed by atoms with E-state index >= 15 is 0 Å². The second kappa shape index (κ2) is 6.34. The van der Waals surface area contributed by atoms with Gasteiger partial charge in [-0.3, -0.25) is 4.79 Å². The van der Waals surface area contributed by atoms with Gasteiger partial charge < -0.3 is 20.0 Å². The summed E-state index contributed by atoms with van der Waals surface area (Å²) in [6.07, 6.45) is 0.302. The average molecular weight is 283 g/mol. The Labute approximate surface area is 113 Å². The first-order valence-corrected chi connectivity index (χ1v) is 6.54. The standard InChI is InChI=1S/C10H13N5O3S/c1-6-4-7(15-18-6)12-8(16)2-3-19-10-14-13-9(5-11)17-10/h4H,2-3,5,11H2,1H3,(H,12,15,16). The molecule has 9 heteroatoms. The van der Waals surface area contributed by atoms with Gasteiger partial charge in [-0.2, -0.15) is 0 Å². The Hall–Kier alpha value is -1.87. The Morgan fingerprint density at radius 2 is 2.37 bits per heavy atom. The zero-order chi connectivity index (χ0) is 13.7. The molecule has 2 aromatic rings. The molecule has 2 rings (SSSR count). The fourth-order valence-electron chi connectivity index (χ4n) is 1.24. The Kier molecular flexibility index (Phi) is 4.53. The highest BCUT2D eigenvalue weighted by Gasteiger charge is 2.09. The van der Waals surface area contributed by atoms with Crippen LogP contribution in [0.25, 0.3) is 0 Å². The number of carbonyl (C=O) groups excluding carboxylic acids is 1. The summed E-state index contributed by atoms with van der Waals surface area (Å²) in [5.41, 5.74) is 5.34. The second-order valence-electron chi connectivity index (χ2n) is 3.64. The van der Waals surface area contributed by atoms with Crippen molar-refractivity contribution < 1.29 is 13.7 Å². The highest BCUT2D eigenvalue weighted by Crippen LogP contribution is 2.17. The summed E-state index contributed by atoms with van der Waals surface area (Å²) in [6.45, 7) is 1.96. The lowest BCUT2D eigenvalue weighted by Gasteiger charge is -1.99. The zero-order valence-corrected chi connectivity index (χ0v) is 11.1. The molecule has 0 aliphatic carbocycles. The minimum atomic E-state index is -0.153. The number of anilines is 1. The molecule has 0 fully saturated rings. The van der Waals surface area contributed by atoms with Crippen LogP contribution in [0.1, 0.15) is 18.1 Å². The molecule has 0 unspecified atom stereocenters. The van der Waals surface area contributed by atoms with Crippen LogP contribution in [0.4, 0.5) is 5.82 Å². The molecule has 0 saturated heterocycles. The molecule has 2 aromatic heterocycles. The maximum Gasteiger partial charge on any atom is 0.276 e. The van der Waals surface area contributed by atoms with Gasteiger partial charge in [-0.25, -0.2) is 0 Å². The molecule has 0 spiro atoms. The van der Waals surface area contributed by atoms with Crippen LogP contribution in [-0.4, -0.2) is 27.0 Å². The number of rotatable bonds is 6. The number of nitrogens with zero attached hydrogens (tertiary/aromatic N) is 3. The molecule has 0 radical (unpaired) electrons. The van der Waals surface area contributed by atoms with E-state index in [9.17, 15) is 4.79 Å². The molecular formula is C10H13N5O3S. The van der Waals surface area contributed by atoms with Crippen molar-refractivity contribution in [1.29, 1.82) is 0 Å². The van der Waals surface area contributed by atoms with E-state index in [4.69, 9.17) is 14.7 Å². The second-order valence-corrected chi connectivity index (χ2v) is 4.68. The number of carbonyl (C=O) groups is 1. The summed E-state index contributed by atoms with van der Waals surface area (Å²) >= 11 is 1.30. The summed E-state index contributed by atoms with van der Waals surface area (Å²) in [5.74, 6) is 1.81. The molecule has 0 saturated carbocycles. The van der Waals surface area contributed by atoms with E-state index in [2.05, 4.69) is 20.7 Å². The van der Waals surface area contributed by atoms with Crippen LogP contribution in [-0.2, 0) is 11.3 Å². The predicted octanol–water partition coefficient (Wildman–Crippen LogP) is 0.946. The molecule has 0 aliphatic heterocycles. The van der Waals surface area contributed by atoms with Gasteiger partial charge >= 0.3 is 0 Å². The van der Waals surface area contributed by atoms with Crippen LogP contribution in [0.5, 0.6) is 0 Å². The molecular weight excluding hydrogens is 270 g/mol. The number of hydrogen-bond donors (Lipinski definition) is 2. The number of nitrogens with two attached hydrogens (primary N) is 1. The molecule has 0 atom stereocenters. The van der Waals surface area contributed by atoms with Crippen LogP contribution in [0.2, 0.25) is 0 Å². The quantitative estimate of drug-likeness (QED) is 0.751. The van der Waals surface area contributed by atoms with Crippen LogP contribution >= 0.6 is 11.8 Å². The highest BCUT2D eigenvalue weighted by molar-refractivity contribution is 7.99. The van der Waals surface area contributed by atoms with Crippen molar-refractivity contribution in [3.8, 4) is 0 Å². The topological polar surface area (TPSA) is 120 Å². The number of aryl methyl sites for hydroxylation is 1. The lowest BCUT2D eigenvalue weighted by Crippen LogP contribution is -2.12. The molecule has 0 bridgehead atoms. The molecule has 0 aliphatic rings. The van der Waals surface area contributed by atoms with Crippen molar-refractivity contribution in [3.63, 3.8) is 0 Å². The van der Waals surface area contributed by atoms with Gasteiger partial charge in [-0.05, 0) is 6.92 Å². The van der Waals surface area contributed by atoms with Gasteiger partial charge in [-0.1, -0.05) is 16.9 Å². The minimum Gasteiger partial charge on any atom is -0.415 e. The van der Waals surface area contributed by atoms with Gasteiger partial charge in [0.1, 0.15) is 5.76 Å². The smallest absolute Gasteiger partial charge is 0.276 e. The molecule has 3 N–H and O–H groups in total. The predicted molar refractivity (Wildman–Crippen MR) is 67.4 cm³/mol. The summed E-state index contributed by atoms with van der Waals surface area (Å²) < 4.78 is 10.0. The number of thioether (sulfide) groups is 1. The fourth-order valence-corrected chi connectivity index (χ4v) is 1.96. The first-order valence-electron chi connectivity index (χ1n) is 5.56. The van der Waals surface area contributed by atoms with Crippen molar-refractivity contribution in [2.24, 2.45) is 5.73 Å². The summed E-state index contributed by atoms with van der Waals surface area (Å²) in [4.78, 5) is 11.6. The highest BCUT2D eigenvalue weighted by atomic mass is 32.2. The normalized spacial score (nSPS) is 10.6. The molecule has 102 valence electrons. The minimum absolute atomic E-state index is 0.153. The van der Waals surface area contributed by atoms with E-state index < -0.39 is 0 Å². The van der Waals surface area contributed by atoms with Gasteiger partial charge in [0.15, 0.2) is 5.82 Å². The van der Waals surface area contributed by atoms with Crippen LogP contribution in [0.15, 0.2) is 20.2 Å². The van der Waals surface area contributed by atoms with E-state index in [1.807, 2.05) is 0 Å². The third-order valence-electron chi connectivity index (χ3n) is 2.07. The third-order valence-corrected chi connectivity index (χ3v) is 2.89. The molecule has 19 heavy (non-hydrogen) atoms. The lowest BCUT2D eigenvalue weighted by molar-refractivity contribution is -0.115. The number of hydrogen-bond acceptors (Lipinski definition) is 8. The van der Waals surface area contributed by atoms with E-state index in [1.165, 1.54) is 11.8 Å². The fraction of sp³-hybridized carbons (Fsp3) is 0.400. The van der Waals surface area contributed by atoms with Gasteiger partial charge in [0.05, 0.1) is 6.54 Å². The molecule has 8 nitrogen and oxygen atoms in total. The first kappa shape index (κ1) is 13.6. The van der Waals surface area contributed by atoms with E-state index in [0.29, 0.717) is 34.9 Å². The Morgan fingerprint density at radius 3 is 3.00 bits per heavy atom. The van der Waals surface area contributed by atoms with Crippen LogP contribution in [0, 0.1) is 6.92 Å². The summed E-state index contributed by atoms with van der Waals surface area (Å²) in [5, 5.41) is 14.2. The average Bonchev–Trinajstić information content (AvgIpc) is 2.98. The Morgan fingerprint density at radius 1 is 1.53 bits per heavy atom. The number of amides is 1. The van der Waals surface area contributed by atoms with Crippen molar-refractivity contribution in [2.75, 3.05) is 11.1 Å². The van der Waals surface area contributed by atoms with Gasteiger partial charge in [0, 0.05) is 18.2 Å². The molecule has 1 amide bonds. The van der Waals surface area contributed by atoms with E-state index in [1.54, 1.807) is 13.0 Å². The van der Waals surface area contributed by atoms with Gasteiger partial charge in [0.25, 0.3) is 5.22 Å². The molecule has 0 aromatic carbocycles. The third kappa shape index (κ3) is 4.07. The van der Waals surface area contributed by atoms with E-state index in [-0.39, 0.29) is 12.5 Å². The maximum absolute atomic E-state index is 11.6. The van der Waals surface area contributed by atoms with Gasteiger partial charge in [0.2, 0.25) is 11.8 Å². The van der Waals surface area contributed by atoms with Crippen molar-refractivity contribution in [3.05, 3.63) is 17.7 Å². The summed E-state index contributed by atoms with van der Waals surface area (Å²) in [6, 6.07) is 1.65. The largest absolute Gasteiger partial charge is 0.415 e. The number of nitrogens with one attached hydrogen (secondary N) is 1. The lowest BCUT2D eigenvalue weighted by atomic mass is 10.4. The Balaban J connectivity index is 1.71. The summed E-state index contributed by atoms with van der Waals surface area (Å²) in [7, 11) is 0. The van der Waals surface area contributed by atoms with Crippen molar-refractivity contribution in [2.45, 2.75) is 25.1 Å². The zero-order valence-electron chi connectivity index (χ0n) is 10.3. The molecule has 2 heterocycles. The van der Waals surface area contributed by atoms with Crippen LogP contribution in [0.3, 0.4) is 0 Å². The van der Waals surface area contributed by atoms with Crippen molar-refractivity contribution >= 4 is 23.5 Å². The Bertz CT molecular complexity index is 553. The maximum atomic E-state index is 11.6. The van der Waals surface area contributed by atoms with Gasteiger partial charge in [-0.15, -0.1) is 10.2 Å². The van der Waals surface area contributed by atoms with E-state index in [0.717, 1.165) is 0 Å².